The summed E-state index contributed by atoms with van der Waals surface area (Å²) in [7, 11) is 3.01. The summed E-state index contributed by atoms with van der Waals surface area (Å²) in [6.45, 7) is 1.95. The molecule has 2 heterocycles. The number of ether oxygens (including phenoxy) is 1. The Labute approximate surface area is 255 Å². The number of methoxy groups -OCH3 is 1. The minimum atomic E-state index is -1.44. The zero-order chi connectivity index (χ0) is 30.9. The van der Waals surface area contributed by atoms with E-state index in [1.165, 1.54) is 25.1 Å². The van der Waals surface area contributed by atoms with E-state index in [2.05, 4.69) is 5.43 Å². The molecule has 0 spiro atoms. The molecular weight excluding hydrogens is 558 g/mol. The Morgan fingerprint density at radius 1 is 0.909 bits per heavy atom. The lowest BCUT2D eigenvalue weighted by atomic mass is 9.49. The number of carbonyl (C=O) groups is 4. The Kier molecular flexibility index (Phi) is 6.39. The van der Waals surface area contributed by atoms with Crippen molar-refractivity contribution in [1.29, 1.82) is 0 Å². The van der Waals surface area contributed by atoms with Crippen molar-refractivity contribution in [2.45, 2.75) is 31.1 Å². The second-order valence-electron chi connectivity index (χ2n) is 12.3. The van der Waals surface area contributed by atoms with Crippen molar-refractivity contribution in [3.8, 4) is 11.5 Å². The Morgan fingerprint density at radius 2 is 1.64 bits per heavy atom. The molecule has 44 heavy (non-hydrogen) atoms. The fourth-order valence-corrected chi connectivity index (χ4v) is 8.14. The first kappa shape index (κ1) is 27.9. The second-order valence-corrected chi connectivity index (χ2v) is 12.3. The van der Waals surface area contributed by atoms with Crippen LogP contribution in [-0.4, -0.2) is 52.8 Å². The fourth-order valence-electron chi connectivity index (χ4n) is 8.14. The van der Waals surface area contributed by atoms with Gasteiger partial charge in [0.25, 0.3) is 11.8 Å². The van der Waals surface area contributed by atoms with Gasteiger partial charge in [0.1, 0.15) is 11.5 Å². The molecule has 9 nitrogen and oxygen atoms in total. The van der Waals surface area contributed by atoms with Gasteiger partial charge in [-0.15, -0.1) is 0 Å². The number of carbonyl (C=O) groups excluding carboxylic acids is 4. The molecule has 0 bridgehead atoms. The van der Waals surface area contributed by atoms with Crippen molar-refractivity contribution in [2.75, 3.05) is 19.6 Å². The van der Waals surface area contributed by atoms with Crippen LogP contribution in [0.2, 0.25) is 0 Å². The number of nitrogens with one attached hydrogen (secondary N) is 1. The predicted octanol–water partition coefficient (Wildman–Crippen LogP) is 4.32. The Balaban J connectivity index is 1.47. The molecule has 2 aliphatic carbocycles. The van der Waals surface area contributed by atoms with E-state index in [1.54, 1.807) is 12.1 Å². The highest BCUT2D eigenvalue weighted by Gasteiger charge is 2.70. The molecule has 0 unspecified atom stereocenters. The van der Waals surface area contributed by atoms with Gasteiger partial charge in [-0.05, 0) is 49.4 Å². The maximum atomic E-state index is 15.0. The molecule has 9 heteroatoms. The van der Waals surface area contributed by atoms with Crippen LogP contribution < -0.4 is 10.2 Å². The number of anilines is 1. The molecule has 4 amide bonds. The van der Waals surface area contributed by atoms with Crippen LogP contribution in [0.25, 0.3) is 0 Å². The summed E-state index contributed by atoms with van der Waals surface area (Å²) >= 11 is 0. The molecule has 4 aliphatic rings. The smallest absolute Gasteiger partial charge is 0.260 e. The van der Waals surface area contributed by atoms with Gasteiger partial charge in [0.05, 0.1) is 36.0 Å². The number of hydrazine groups is 1. The van der Waals surface area contributed by atoms with Crippen molar-refractivity contribution in [3.05, 3.63) is 101 Å². The number of aromatic hydroxyl groups is 1. The number of imide groups is 2. The largest absolute Gasteiger partial charge is 0.508 e. The Morgan fingerprint density at radius 3 is 2.32 bits per heavy atom. The van der Waals surface area contributed by atoms with Gasteiger partial charge in [-0.1, -0.05) is 65.7 Å². The van der Waals surface area contributed by atoms with E-state index < -0.39 is 46.8 Å². The number of allylic oxidation sites excluding steroid dienone is 2. The normalized spacial score (nSPS) is 29.2. The molecule has 1 saturated carbocycles. The lowest BCUT2D eigenvalue weighted by molar-refractivity contribution is -0.140. The summed E-state index contributed by atoms with van der Waals surface area (Å²) in [6.07, 6.45) is 2.51. The topological polar surface area (TPSA) is 116 Å². The molecule has 2 saturated heterocycles. The molecule has 3 aromatic rings. The quantitative estimate of drug-likeness (QED) is 0.335. The lowest BCUT2D eigenvalue weighted by Crippen LogP contribution is -2.53. The number of nitrogens with zero attached hydrogens (tertiary/aromatic N) is 2. The van der Waals surface area contributed by atoms with Gasteiger partial charge in [0.15, 0.2) is 0 Å². The fraction of sp³-hybridized carbons (Fsp3) is 0.314. The number of fused-ring (bicyclic) bond motifs is 4. The minimum Gasteiger partial charge on any atom is -0.508 e. The number of benzene rings is 3. The van der Waals surface area contributed by atoms with Gasteiger partial charge in [-0.2, -0.15) is 5.01 Å². The summed E-state index contributed by atoms with van der Waals surface area (Å²) in [4.78, 5) is 57.4. The van der Waals surface area contributed by atoms with Crippen molar-refractivity contribution < 1.29 is 29.0 Å². The maximum absolute atomic E-state index is 15.0. The molecule has 3 aromatic carbocycles. The molecule has 2 aliphatic heterocycles. The molecule has 6 atom stereocenters. The Bertz CT molecular complexity index is 1730. The van der Waals surface area contributed by atoms with Gasteiger partial charge < -0.3 is 9.84 Å². The number of amides is 4. The molecule has 7 rings (SSSR count). The molecule has 224 valence electrons. The number of hydrogen-bond donors (Lipinski definition) is 2. The first-order valence-corrected chi connectivity index (χ1v) is 14.8. The van der Waals surface area contributed by atoms with E-state index in [0.29, 0.717) is 29.0 Å². The van der Waals surface area contributed by atoms with E-state index in [4.69, 9.17) is 4.74 Å². The average Bonchev–Trinajstić information content (AvgIpc) is 3.39. The highest BCUT2D eigenvalue weighted by molar-refractivity contribution is 6.13. The van der Waals surface area contributed by atoms with Crippen LogP contribution in [0.5, 0.6) is 11.5 Å². The van der Waals surface area contributed by atoms with E-state index in [-0.39, 0.29) is 24.0 Å². The van der Waals surface area contributed by atoms with E-state index in [9.17, 15) is 19.5 Å². The third-order valence-corrected chi connectivity index (χ3v) is 10.2. The summed E-state index contributed by atoms with van der Waals surface area (Å²) < 4.78 is 5.36. The monoisotopic (exact) mass is 591 g/mol. The molecule has 0 aromatic heterocycles. The minimum absolute atomic E-state index is 0.0804. The average molecular weight is 592 g/mol. The van der Waals surface area contributed by atoms with E-state index in [0.717, 1.165) is 16.1 Å². The van der Waals surface area contributed by atoms with Crippen molar-refractivity contribution in [1.82, 2.24) is 9.91 Å². The van der Waals surface area contributed by atoms with Gasteiger partial charge in [0, 0.05) is 24.6 Å². The summed E-state index contributed by atoms with van der Waals surface area (Å²) in [5, 5.41) is 12.6. The van der Waals surface area contributed by atoms with E-state index in [1.807, 2.05) is 67.6 Å². The lowest BCUT2D eigenvalue weighted by Gasteiger charge is -2.50. The summed E-state index contributed by atoms with van der Waals surface area (Å²) in [5.41, 5.74) is 5.15. The highest BCUT2D eigenvalue weighted by atomic mass is 16.5. The maximum Gasteiger partial charge on any atom is 0.260 e. The Hall–Kier alpha value is -4.92. The number of phenols is 1. The number of aryl methyl sites for hydroxylation is 1. The van der Waals surface area contributed by atoms with Gasteiger partial charge in [-0.3, -0.25) is 29.5 Å². The van der Waals surface area contributed by atoms with Crippen molar-refractivity contribution >= 4 is 29.3 Å². The first-order chi connectivity index (χ1) is 21.2. The van der Waals surface area contributed by atoms with Crippen LogP contribution >= 0.6 is 0 Å². The zero-order valence-electron chi connectivity index (χ0n) is 24.7. The summed E-state index contributed by atoms with van der Waals surface area (Å²) in [6, 6.07) is 21.6. The zero-order valence-corrected chi connectivity index (χ0v) is 24.7. The van der Waals surface area contributed by atoms with Gasteiger partial charge >= 0.3 is 0 Å². The molecule has 0 radical (unpaired) electrons. The SMILES string of the molecule is COc1ccc([C@H]2C3=CC[C@@H]4C(=O)N(C)C(=O)[C@@H]4[C@@H]3C[C@H]3C(=O)N(Nc4ccc(C)cc4)C(=O)[C@@]23c2ccccc2)c(O)c1. The first-order valence-electron chi connectivity index (χ1n) is 14.8. The standard InChI is InChI=1S/C35H33N3O6/c1-19-9-11-21(12-10-19)36-38-32(41)27-18-26-23(15-16-25-29(26)33(42)37(2)31(25)40)30(24-14-13-22(44-3)17-28(24)39)35(27,34(38)43)20-7-5-4-6-8-20/h4-15,17,25-27,29-30,36,39H,16,18H2,1-3H3/t25-,26+,27-,29-,30+,35+/m0/s1. The van der Waals surface area contributed by atoms with Crippen molar-refractivity contribution in [2.24, 2.45) is 23.7 Å². The third-order valence-electron chi connectivity index (χ3n) is 10.2. The molecule has 2 N–H and O–H groups in total. The van der Waals surface area contributed by atoms with Crippen LogP contribution in [0, 0.1) is 30.6 Å². The van der Waals surface area contributed by atoms with Crippen LogP contribution in [0.4, 0.5) is 5.69 Å². The van der Waals surface area contributed by atoms with E-state index >= 15 is 4.79 Å². The second kappa shape index (κ2) is 10.1. The van der Waals surface area contributed by atoms with Crippen LogP contribution in [0.1, 0.15) is 35.4 Å². The third kappa shape index (κ3) is 3.77. The van der Waals surface area contributed by atoms with Crippen molar-refractivity contribution in [3.63, 3.8) is 0 Å². The van der Waals surface area contributed by atoms with Crippen LogP contribution in [0.3, 0.4) is 0 Å². The number of phenolic OH excluding ortho intramolecular Hbond substituents is 1. The predicted molar refractivity (Wildman–Crippen MR) is 161 cm³/mol. The number of hydrogen-bond acceptors (Lipinski definition) is 7. The van der Waals surface area contributed by atoms with Crippen LogP contribution in [0.15, 0.2) is 84.4 Å². The highest BCUT2D eigenvalue weighted by Crippen LogP contribution is 2.64. The molecule has 3 fully saturated rings. The van der Waals surface area contributed by atoms with Gasteiger partial charge in [-0.25, -0.2) is 0 Å². The summed E-state index contributed by atoms with van der Waals surface area (Å²) in [5.74, 6) is -4.31. The van der Waals surface area contributed by atoms with Crippen LogP contribution in [-0.2, 0) is 24.6 Å². The van der Waals surface area contributed by atoms with Gasteiger partial charge in [0.2, 0.25) is 11.8 Å². The number of rotatable bonds is 5. The number of likely N-dealkylation sites (tertiary alicyclic amines) is 1. The molecular formula is C35H33N3O6.